The van der Waals surface area contributed by atoms with Crippen molar-refractivity contribution < 1.29 is 14.3 Å². The van der Waals surface area contributed by atoms with E-state index in [0.29, 0.717) is 18.0 Å². The first kappa shape index (κ1) is 18.9. The van der Waals surface area contributed by atoms with Gasteiger partial charge in [-0.2, -0.15) is 0 Å². The second-order valence-corrected chi connectivity index (χ2v) is 6.98. The molecular weight excluding hydrogens is 386 g/mol. The summed E-state index contributed by atoms with van der Waals surface area (Å²) in [6.45, 7) is 2.45. The summed E-state index contributed by atoms with van der Waals surface area (Å²) in [5.41, 5.74) is 2.40. The van der Waals surface area contributed by atoms with Gasteiger partial charge in [-0.1, -0.05) is 18.2 Å². The molecule has 146 valence electrons. The summed E-state index contributed by atoms with van der Waals surface area (Å²) in [7, 11) is 1.93. The standard InChI is InChI=1S/C22H19N3O3S/c1-3-28-16-10-8-15(9-11-16)25-21(27)18(20(26)23-22(25)29)12-14-13-24(2)19-7-5-4-6-17(14)19/h4-13H,3H2,1-2H3,(H,23,26,29)/b18-12-. The fourth-order valence-electron chi connectivity index (χ4n) is 3.39. The van der Waals surface area contributed by atoms with E-state index in [1.54, 1.807) is 30.3 Å². The van der Waals surface area contributed by atoms with Crippen LogP contribution in [-0.2, 0) is 16.6 Å². The Balaban J connectivity index is 1.74. The SMILES string of the molecule is CCOc1ccc(N2C(=O)/C(=C\c3cn(C)c4ccccc34)C(=O)NC2=S)cc1. The monoisotopic (exact) mass is 405 g/mol. The Morgan fingerprint density at radius 1 is 1.10 bits per heavy atom. The summed E-state index contributed by atoms with van der Waals surface area (Å²) in [6.07, 6.45) is 3.51. The Labute approximate surface area is 173 Å². The van der Waals surface area contributed by atoms with Crippen molar-refractivity contribution in [2.45, 2.75) is 6.92 Å². The van der Waals surface area contributed by atoms with Crippen molar-refractivity contribution in [2.24, 2.45) is 7.05 Å². The third-order valence-electron chi connectivity index (χ3n) is 4.74. The van der Waals surface area contributed by atoms with Crippen LogP contribution in [0.5, 0.6) is 5.75 Å². The molecule has 0 saturated carbocycles. The lowest BCUT2D eigenvalue weighted by atomic mass is 10.1. The van der Waals surface area contributed by atoms with Gasteiger partial charge in [0.05, 0.1) is 12.3 Å². The number of hydrogen-bond acceptors (Lipinski definition) is 4. The maximum atomic E-state index is 13.2. The molecule has 4 rings (SSSR count). The average molecular weight is 405 g/mol. The molecule has 1 aliphatic rings. The number of fused-ring (bicyclic) bond motifs is 1. The average Bonchev–Trinajstić information content (AvgIpc) is 3.02. The second kappa shape index (κ2) is 7.52. The first-order valence-electron chi connectivity index (χ1n) is 9.18. The van der Waals surface area contributed by atoms with Crippen molar-refractivity contribution in [1.82, 2.24) is 9.88 Å². The zero-order valence-electron chi connectivity index (χ0n) is 16.0. The number of nitrogens with zero attached hydrogens (tertiary/aromatic N) is 2. The number of aromatic nitrogens is 1. The minimum absolute atomic E-state index is 0.0313. The van der Waals surface area contributed by atoms with Crippen LogP contribution in [0.4, 0.5) is 5.69 Å². The van der Waals surface area contributed by atoms with E-state index < -0.39 is 11.8 Å². The van der Waals surface area contributed by atoms with E-state index in [1.165, 1.54) is 4.90 Å². The summed E-state index contributed by atoms with van der Waals surface area (Å²) < 4.78 is 7.40. The zero-order valence-corrected chi connectivity index (χ0v) is 16.8. The number of rotatable bonds is 4. The topological polar surface area (TPSA) is 63.6 Å². The van der Waals surface area contributed by atoms with Gasteiger partial charge in [0.25, 0.3) is 11.8 Å². The van der Waals surface area contributed by atoms with Gasteiger partial charge in [0.1, 0.15) is 11.3 Å². The number of carbonyl (C=O) groups is 2. The van der Waals surface area contributed by atoms with Crippen LogP contribution in [0.1, 0.15) is 12.5 Å². The Morgan fingerprint density at radius 2 is 1.83 bits per heavy atom. The number of anilines is 1. The predicted molar refractivity (Wildman–Crippen MR) is 117 cm³/mol. The number of hydrogen-bond donors (Lipinski definition) is 1. The third kappa shape index (κ3) is 3.40. The molecule has 0 bridgehead atoms. The second-order valence-electron chi connectivity index (χ2n) is 6.60. The van der Waals surface area contributed by atoms with Crippen molar-refractivity contribution in [3.05, 3.63) is 65.9 Å². The molecule has 6 nitrogen and oxygen atoms in total. The summed E-state index contributed by atoms with van der Waals surface area (Å²) in [5, 5.41) is 3.63. The van der Waals surface area contributed by atoms with Crippen molar-refractivity contribution in [3.63, 3.8) is 0 Å². The van der Waals surface area contributed by atoms with E-state index >= 15 is 0 Å². The van der Waals surface area contributed by atoms with Crippen LogP contribution in [0.2, 0.25) is 0 Å². The van der Waals surface area contributed by atoms with E-state index in [0.717, 1.165) is 16.5 Å². The molecule has 1 saturated heterocycles. The van der Waals surface area contributed by atoms with Crippen molar-refractivity contribution in [3.8, 4) is 5.75 Å². The van der Waals surface area contributed by atoms with Gasteiger partial charge in [0, 0.05) is 29.7 Å². The van der Waals surface area contributed by atoms with Gasteiger partial charge in [-0.25, -0.2) is 0 Å². The first-order chi connectivity index (χ1) is 14.0. The molecule has 2 amide bonds. The molecule has 7 heteroatoms. The number of amides is 2. The lowest BCUT2D eigenvalue weighted by Crippen LogP contribution is -2.54. The molecule has 0 spiro atoms. The van der Waals surface area contributed by atoms with Crippen LogP contribution < -0.4 is 15.0 Å². The van der Waals surface area contributed by atoms with Gasteiger partial charge in [0.2, 0.25) is 0 Å². The quantitative estimate of drug-likeness (QED) is 0.411. The van der Waals surface area contributed by atoms with E-state index in [2.05, 4.69) is 5.32 Å². The van der Waals surface area contributed by atoms with E-state index in [4.69, 9.17) is 17.0 Å². The van der Waals surface area contributed by atoms with E-state index in [1.807, 2.05) is 49.0 Å². The van der Waals surface area contributed by atoms with Gasteiger partial charge in [-0.3, -0.25) is 19.8 Å². The van der Waals surface area contributed by atoms with Crippen LogP contribution in [0, 0.1) is 0 Å². The molecule has 2 heterocycles. The van der Waals surface area contributed by atoms with Crippen LogP contribution in [-0.4, -0.2) is 28.1 Å². The molecule has 1 aliphatic heterocycles. The molecule has 1 fully saturated rings. The minimum Gasteiger partial charge on any atom is -0.494 e. The van der Waals surface area contributed by atoms with Gasteiger partial charge in [-0.15, -0.1) is 0 Å². The number of para-hydroxylation sites is 1. The maximum Gasteiger partial charge on any atom is 0.270 e. The molecule has 0 atom stereocenters. The fraction of sp³-hybridized carbons (Fsp3) is 0.136. The zero-order chi connectivity index (χ0) is 20.5. The molecule has 2 aromatic carbocycles. The molecule has 29 heavy (non-hydrogen) atoms. The maximum absolute atomic E-state index is 13.2. The van der Waals surface area contributed by atoms with Gasteiger partial charge < -0.3 is 9.30 Å². The summed E-state index contributed by atoms with van der Waals surface area (Å²) in [5.74, 6) is -0.270. The number of nitrogens with one attached hydrogen (secondary N) is 1. The highest BCUT2D eigenvalue weighted by atomic mass is 32.1. The normalized spacial score (nSPS) is 15.9. The largest absolute Gasteiger partial charge is 0.494 e. The number of ether oxygens (including phenoxy) is 1. The molecule has 0 aliphatic carbocycles. The Bertz CT molecular complexity index is 1160. The highest BCUT2D eigenvalue weighted by Gasteiger charge is 2.34. The molecule has 0 unspecified atom stereocenters. The van der Waals surface area contributed by atoms with Crippen LogP contribution >= 0.6 is 12.2 Å². The van der Waals surface area contributed by atoms with Crippen molar-refractivity contribution >= 4 is 51.8 Å². The smallest absolute Gasteiger partial charge is 0.270 e. The number of benzene rings is 2. The Morgan fingerprint density at radius 3 is 2.55 bits per heavy atom. The summed E-state index contributed by atoms with van der Waals surface area (Å²) >= 11 is 5.26. The number of carbonyl (C=O) groups excluding carboxylic acids is 2. The highest BCUT2D eigenvalue weighted by molar-refractivity contribution is 7.80. The molecular formula is C22H19N3O3S. The molecule has 0 radical (unpaired) electrons. The lowest BCUT2D eigenvalue weighted by molar-refractivity contribution is -0.122. The number of thiocarbonyl (C=S) groups is 1. The summed E-state index contributed by atoms with van der Waals surface area (Å²) in [6, 6.07) is 14.8. The minimum atomic E-state index is -0.505. The predicted octanol–water partition coefficient (Wildman–Crippen LogP) is 3.41. The first-order valence-corrected chi connectivity index (χ1v) is 9.59. The molecule has 1 aromatic heterocycles. The van der Waals surface area contributed by atoms with Crippen molar-refractivity contribution in [1.29, 1.82) is 0 Å². The van der Waals surface area contributed by atoms with Gasteiger partial charge >= 0.3 is 0 Å². The Hall–Kier alpha value is -3.45. The van der Waals surface area contributed by atoms with Crippen molar-refractivity contribution in [2.75, 3.05) is 11.5 Å². The fourth-order valence-corrected chi connectivity index (χ4v) is 3.67. The van der Waals surface area contributed by atoms with E-state index in [-0.39, 0.29) is 10.7 Å². The van der Waals surface area contributed by atoms with Crippen LogP contribution in [0.25, 0.3) is 17.0 Å². The van der Waals surface area contributed by atoms with Crippen LogP contribution in [0.15, 0.2) is 60.3 Å². The molecule has 1 N–H and O–H groups in total. The van der Waals surface area contributed by atoms with Gasteiger partial charge in [-0.05, 0) is 55.5 Å². The van der Waals surface area contributed by atoms with Crippen LogP contribution in [0.3, 0.4) is 0 Å². The highest BCUT2D eigenvalue weighted by Crippen LogP contribution is 2.27. The molecule has 3 aromatic rings. The third-order valence-corrected chi connectivity index (χ3v) is 5.02. The Kier molecular flexibility index (Phi) is 4.90. The van der Waals surface area contributed by atoms with Gasteiger partial charge in [0.15, 0.2) is 5.11 Å². The lowest BCUT2D eigenvalue weighted by Gasteiger charge is -2.29. The summed E-state index contributed by atoms with van der Waals surface area (Å²) in [4.78, 5) is 27.0. The number of aryl methyl sites for hydroxylation is 1. The van der Waals surface area contributed by atoms with E-state index in [9.17, 15) is 9.59 Å².